The summed E-state index contributed by atoms with van der Waals surface area (Å²) >= 11 is 0. The third-order valence-electron chi connectivity index (χ3n) is 4.85. The van der Waals surface area contributed by atoms with E-state index in [0.29, 0.717) is 22.3 Å². The number of nitrogens with two attached hydrogens (primary N) is 2. The summed E-state index contributed by atoms with van der Waals surface area (Å²) < 4.78 is 10.4. The van der Waals surface area contributed by atoms with Crippen LogP contribution in [0.2, 0.25) is 0 Å². The van der Waals surface area contributed by atoms with Crippen LogP contribution >= 0.6 is 0 Å². The molecule has 3 aromatic rings. The van der Waals surface area contributed by atoms with E-state index in [2.05, 4.69) is 18.7 Å². The number of carbonyl (C=O) groups excluding carboxylic acids is 1. The van der Waals surface area contributed by atoms with Gasteiger partial charge in [-0.1, -0.05) is 6.07 Å². The standard InChI is InChI=1S/C22H25N3O4/c1-4-25(5-2)19-12-20-14(10-16(22(27)29-20)21(26)28-6-3)9-15(19)13-7-8-17(23)18(24)11-13/h7-12H,4-6,23-24H2,1-3H3. The molecular formula is C22H25N3O4. The zero-order valence-corrected chi connectivity index (χ0v) is 16.8. The highest BCUT2D eigenvalue weighted by atomic mass is 16.5. The summed E-state index contributed by atoms with van der Waals surface area (Å²) in [5, 5.41) is 0.619. The molecule has 1 heterocycles. The predicted octanol–water partition coefficient (Wildman–Crippen LogP) is 3.65. The van der Waals surface area contributed by atoms with Crippen LogP contribution in [0, 0.1) is 0 Å². The van der Waals surface area contributed by atoms with Gasteiger partial charge in [-0.3, -0.25) is 0 Å². The molecule has 2 aromatic carbocycles. The quantitative estimate of drug-likeness (QED) is 0.372. The van der Waals surface area contributed by atoms with Crippen LogP contribution in [0.15, 0.2) is 45.6 Å². The molecule has 0 fully saturated rings. The van der Waals surface area contributed by atoms with Crippen molar-refractivity contribution in [1.29, 1.82) is 0 Å². The molecule has 0 radical (unpaired) electrons. The number of ether oxygens (including phenoxy) is 1. The average molecular weight is 395 g/mol. The molecule has 7 heteroatoms. The van der Waals surface area contributed by atoms with Gasteiger partial charge in [-0.05, 0) is 50.6 Å². The minimum atomic E-state index is -0.717. The molecule has 152 valence electrons. The average Bonchev–Trinajstić information content (AvgIpc) is 2.70. The number of esters is 1. The molecule has 3 rings (SSSR count). The van der Waals surface area contributed by atoms with E-state index >= 15 is 0 Å². The molecule has 0 saturated carbocycles. The fraction of sp³-hybridized carbons (Fsp3) is 0.273. The molecule has 0 bridgehead atoms. The number of hydrogen-bond donors (Lipinski definition) is 2. The Balaban J connectivity index is 2.29. The summed E-state index contributed by atoms with van der Waals surface area (Å²) in [5.74, 6) is -0.700. The molecule has 4 N–H and O–H groups in total. The van der Waals surface area contributed by atoms with Crippen molar-refractivity contribution in [2.75, 3.05) is 36.1 Å². The molecule has 0 unspecified atom stereocenters. The maximum Gasteiger partial charge on any atom is 0.351 e. The van der Waals surface area contributed by atoms with E-state index in [0.717, 1.165) is 29.9 Å². The van der Waals surface area contributed by atoms with Gasteiger partial charge in [-0.15, -0.1) is 0 Å². The predicted molar refractivity (Wildman–Crippen MR) is 116 cm³/mol. The molecule has 0 aliphatic heterocycles. The van der Waals surface area contributed by atoms with Crippen LogP contribution in [-0.2, 0) is 4.74 Å². The molecule has 0 aliphatic rings. The van der Waals surface area contributed by atoms with Crippen LogP contribution in [-0.4, -0.2) is 25.7 Å². The Bertz CT molecular complexity index is 1120. The van der Waals surface area contributed by atoms with Crippen molar-refractivity contribution in [2.24, 2.45) is 0 Å². The van der Waals surface area contributed by atoms with Gasteiger partial charge in [0.2, 0.25) is 0 Å². The van der Waals surface area contributed by atoms with Gasteiger partial charge in [0.05, 0.1) is 18.0 Å². The third-order valence-corrected chi connectivity index (χ3v) is 4.85. The van der Waals surface area contributed by atoms with Crippen molar-refractivity contribution < 1.29 is 13.9 Å². The molecule has 7 nitrogen and oxygen atoms in total. The Labute approximate surface area is 168 Å². The zero-order valence-electron chi connectivity index (χ0n) is 16.8. The highest BCUT2D eigenvalue weighted by molar-refractivity contribution is 5.97. The Morgan fingerprint density at radius 2 is 1.76 bits per heavy atom. The second-order valence-corrected chi connectivity index (χ2v) is 6.59. The van der Waals surface area contributed by atoms with Crippen molar-refractivity contribution in [3.05, 3.63) is 52.4 Å². The molecule has 0 spiro atoms. The largest absolute Gasteiger partial charge is 0.462 e. The first kappa shape index (κ1) is 20.3. The number of hydrogen-bond acceptors (Lipinski definition) is 7. The molecule has 29 heavy (non-hydrogen) atoms. The van der Waals surface area contributed by atoms with E-state index in [9.17, 15) is 9.59 Å². The minimum Gasteiger partial charge on any atom is -0.462 e. The van der Waals surface area contributed by atoms with Crippen LogP contribution in [0.3, 0.4) is 0 Å². The number of anilines is 3. The van der Waals surface area contributed by atoms with Crippen LogP contribution in [0.5, 0.6) is 0 Å². The van der Waals surface area contributed by atoms with Gasteiger partial charge in [0.15, 0.2) is 0 Å². The molecule has 0 aliphatic carbocycles. The normalized spacial score (nSPS) is 10.9. The Morgan fingerprint density at radius 1 is 1.03 bits per heavy atom. The zero-order chi connectivity index (χ0) is 21.1. The monoisotopic (exact) mass is 395 g/mol. The molecule has 1 aromatic heterocycles. The van der Waals surface area contributed by atoms with Crippen molar-refractivity contribution >= 4 is 34.0 Å². The molecule has 0 saturated heterocycles. The summed E-state index contributed by atoms with van der Waals surface area (Å²) in [7, 11) is 0. The summed E-state index contributed by atoms with van der Waals surface area (Å²) in [6, 6.07) is 10.7. The second-order valence-electron chi connectivity index (χ2n) is 6.59. The summed E-state index contributed by atoms with van der Waals surface area (Å²) in [6.45, 7) is 7.49. The van der Waals surface area contributed by atoms with Gasteiger partial charge in [-0.25, -0.2) is 9.59 Å². The second kappa shape index (κ2) is 8.26. The van der Waals surface area contributed by atoms with Gasteiger partial charge >= 0.3 is 11.6 Å². The Hall–Kier alpha value is -3.48. The SMILES string of the molecule is CCOC(=O)c1cc2cc(-c3ccc(N)c(N)c3)c(N(CC)CC)cc2oc1=O. The highest BCUT2D eigenvalue weighted by Crippen LogP contribution is 2.36. The van der Waals surface area contributed by atoms with E-state index in [1.807, 2.05) is 24.3 Å². The van der Waals surface area contributed by atoms with Crippen LogP contribution in [0.25, 0.3) is 22.1 Å². The van der Waals surface area contributed by atoms with Crippen molar-refractivity contribution in [3.63, 3.8) is 0 Å². The lowest BCUT2D eigenvalue weighted by Crippen LogP contribution is -2.22. The number of rotatable bonds is 6. The fourth-order valence-electron chi connectivity index (χ4n) is 3.31. The van der Waals surface area contributed by atoms with Crippen LogP contribution < -0.4 is 22.0 Å². The first-order chi connectivity index (χ1) is 13.9. The van der Waals surface area contributed by atoms with Gasteiger partial charge in [0.1, 0.15) is 11.1 Å². The van der Waals surface area contributed by atoms with E-state index < -0.39 is 11.6 Å². The van der Waals surface area contributed by atoms with Gasteiger partial charge < -0.3 is 25.5 Å². The number of benzene rings is 2. The van der Waals surface area contributed by atoms with Crippen molar-refractivity contribution in [2.45, 2.75) is 20.8 Å². The Morgan fingerprint density at radius 3 is 2.38 bits per heavy atom. The first-order valence-corrected chi connectivity index (χ1v) is 9.58. The van der Waals surface area contributed by atoms with Gasteiger partial charge in [0, 0.05) is 35.8 Å². The summed E-state index contributed by atoms with van der Waals surface area (Å²) in [5.41, 5.74) is 15.1. The molecule has 0 atom stereocenters. The first-order valence-electron chi connectivity index (χ1n) is 9.58. The van der Waals surface area contributed by atoms with Crippen LogP contribution in [0.4, 0.5) is 17.1 Å². The van der Waals surface area contributed by atoms with E-state index in [-0.39, 0.29) is 12.2 Å². The maximum atomic E-state index is 12.3. The Kier molecular flexibility index (Phi) is 5.77. The lowest BCUT2D eigenvalue weighted by atomic mass is 9.99. The van der Waals surface area contributed by atoms with Crippen molar-refractivity contribution in [1.82, 2.24) is 0 Å². The fourth-order valence-corrected chi connectivity index (χ4v) is 3.31. The maximum absolute atomic E-state index is 12.3. The van der Waals surface area contributed by atoms with E-state index in [1.54, 1.807) is 13.0 Å². The third kappa shape index (κ3) is 3.89. The van der Waals surface area contributed by atoms with E-state index in [4.69, 9.17) is 20.6 Å². The lowest BCUT2D eigenvalue weighted by Gasteiger charge is -2.25. The summed E-state index contributed by atoms with van der Waals surface area (Å²) in [6.07, 6.45) is 0. The summed E-state index contributed by atoms with van der Waals surface area (Å²) in [4.78, 5) is 26.5. The topological polar surface area (TPSA) is 112 Å². The van der Waals surface area contributed by atoms with E-state index in [1.165, 1.54) is 6.07 Å². The van der Waals surface area contributed by atoms with Gasteiger partial charge in [0.25, 0.3) is 0 Å². The van der Waals surface area contributed by atoms with Gasteiger partial charge in [-0.2, -0.15) is 0 Å². The minimum absolute atomic E-state index is 0.127. The highest BCUT2D eigenvalue weighted by Gasteiger charge is 2.18. The lowest BCUT2D eigenvalue weighted by molar-refractivity contribution is 0.0522. The smallest absolute Gasteiger partial charge is 0.351 e. The van der Waals surface area contributed by atoms with Crippen molar-refractivity contribution in [3.8, 4) is 11.1 Å². The van der Waals surface area contributed by atoms with Crippen LogP contribution in [0.1, 0.15) is 31.1 Å². The number of fused-ring (bicyclic) bond motifs is 1. The number of carbonyl (C=O) groups is 1. The number of nitrogen functional groups attached to an aromatic ring is 2. The number of nitrogens with zero attached hydrogens (tertiary/aromatic N) is 1. The molecular weight excluding hydrogens is 370 g/mol. The molecule has 0 amide bonds.